The van der Waals surface area contributed by atoms with E-state index in [1.807, 2.05) is 0 Å². The summed E-state index contributed by atoms with van der Waals surface area (Å²) in [6.07, 6.45) is 6.03. The molecule has 2 heterocycles. The topological polar surface area (TPSA) is 90.9 Å². The predicted molar refractivity (Wildman–Crippen MR) is 72.9 cm³/mol. The normalized spacial score (nSPS) is 10.4. The molecular formula is C12H18N6O. The largest absolute Gasteiger partial charge is 0.478 e. The molecule has 2 aromatic heterocycles. The summed E-state index contributed by atoms with van der Waals surface area (Å²) in [5, 5.41) is 7.21. The van der Waals surface area contributed by atoms with E-state index >= 15 is 0 Å². The molecule has 0 fully saturated rings. The lowest BCUT2D eigenvalue weighted by Gasteiger charge is -2.07. The summed E-state index contributed by atoms with van der Waals surface area (Å²) in [4.78, 5) is 8.38. The summed E-state index contributed by atoms with van der Waals surface area (Å²) in [5.74, 6) is 1.14. The Morgan fingerprint density at radius 1 is 1.47 bits per heavy atom. The van der Waals surface area contributed by atoms with Crippen LogP contribution in [0.4, 0.5) is 11.6 Å². The molecule has 7 heteroatoms. The van der Waals surface area contributed by atoms with Crippen LogP contribution in [-0.4, -0.2) is 32.9 Å². The third kappa shape index (κ3) is 4.13. The van der Waals surface area contributed by atoms with Gasteiger partial charge in [-0.05, 0) is 6.42 Å². The molecule has 0 aliphatic rings. The second-order valence-corrected chi connectivity index (χ2v) is 4.03. The van der Waals surface area contributed by atoms with Gasteiger partial charge in [-0.2, -0.15) is 10.1 Å². The monoisotopic (exact) mass is 262 g/mol. The number of ether oxygens (including phenoxy) is 1. The highest BCUT2D eigenvalue weighted by Gasteiger charge is 2.00. The SMILES string of the molecule is CCCOc1ccnc(NCCn2cc(N)cn2)n1. The number of rotatable bonds is 7. The molecule has 0 unspecified atom stereocenters. The van der Waals surface area contributed by atoms with Crippen LogP contribution >= 0.6 is 0 Å². The number of anilines is 2. The van der Waals surface area contributed by atoms with E-state index in [4.69, 9.17) is 10.5 Å². The van der Waals surface area contributed by atoms with E-state index in [9.17, 15) is 0 Å². The molecule has 3 N–H and O–H groups in total. The van der Waals surface area contributed by atoms with Gasteiger partial charge in [-0.3, -0.25) is 4.68 Å². The van der Waals surface area contributed by atoms with Crippen molar-refractivity contribution in [2.75, 3.05) is 24.2 Å². The predicted octanol–water partition coefficient (Wildman–Crippen LogP) is 1.16. The molecule has 0 spiro atoms. The lowest BCUT2D eigenvalue weighted by Crippen LogP contribution is -2.13. The maximum absolute atomic E-state index is 5.58. The van der Waals surface area contributed by atoms with E-state index in [0.29, 0.717) is 37.2 Å². The van der Waals surface area contributed by atoms with Crippen molar-refractivity contribution in [2.24, 2.45) is 0 Å². The van der Waals surface area contributed by atoms with Crippen molar-refractivity contribution in [3.8, 4) is 5.88 Å². The van der Waals surface area contributed by atoms with Gasteiger partial charge in [0.2, 0.25) is 11.8 Å². The number of nitrogens with zero attached hydrogens (tertiary/aromatic N) is 4. The zero-order valence-electron chi connectivity index (χ0n) is 10.9. The Kier molecular flexibility index (Phi) is 4.54. The second kappa shape index (κ2) is 6.58. The minimum atomic E-state index is 0.550. The van der Waals surface area contributed by atoms with Gasteiger partial charge < -0.3 is 15.8 Å². The van der Waals surface area contributed by atoms with Gasteiger partial charge >= 0.3 is 0 Å². The van der Waals surface area contributed by atoms with E-state index in [-0.39, 0.29) is 0 Å². The summed E-state index contributed by atoms with van der Waals surface area (Å²) >= 11 is 0. The minimum absolute atomic E-state index is 0.550. The highest BCUT2D eigenvalue weighted by Crippen LogP contribution is 2.08. The minimum Gasteiger partial charge on any atom is -0.478 e. The Hall–Kier alpha value is -2.31. The molecule has 0 aliphatic carbocycles. The van der Waals surface area contributed by atoms with E-state index in [0.717, 1.165) is 6.42 Å². The molecule has 0 radical (unpaired) electrons. The Morgan fingerprint density at radius 2 is 2.37 bits per heavy atom. The molecule has 102 valence electrons. The first-order valence-corrected chi connectivity index (χ1v) is 6.25. The lowest BCUT2D eigenvalue weighted by atomic mass is 10.5. The summed E-state index contributed by atoms with van der Waals surface area (Å²) < 4.78 is 7.20. The fourth-order valence-corrected chi connectivity index (χ4v) is 1.50. The molecule has 0 atom stereocenters. The van der Waals surface area contributed by atoms with Crippen molar-refractivity contribution in [1.82, 2.24) is 19.7 Å². The average Bonchev–Trinajstić information content (AvgIpc) is 2.83. The number of nitrogen functional groups attached to an aromatic ring is 1. The van der Waals surface area contributed by atoms with Gasteiger partial charge in [-0.15, -0.1) is 0 Å². The van der Waals surface area contributed by atoms with Gasteiger partial charge in [0.05, 0.1) is 25.0 Å². The van der Waals surface area contributed by atoms with Crippen molar-refractivity contribution in [3.63, 3.8) is 0 Å². The highest BCUT2D eigenvalue weighted by atomic mass is 16.5. The number of aromatic nitrogens is 4. The van der Waals surface area contributed by atoms with Crippen LogP contribution in [0.5, 0.6) is 5.88 Å². The van der Waals surface area contributed by atoms with Crippen LogP contribution in [0, 0.1) is 0 Å². The zero-order valence-corrected chi connectivity index (χ0v) is 10.9. The average molecular weight is 262 g/mol. The highest BCUT2D eigenvalue weighted by molar-refractivity contribution is 5.30. The number of nitrogens with one attached hydrogen (secondary N) is 1. The molecular weight excluding hydrogens is 244 g/mol. The van der Waals surface area contributed by atoms with Gasteiger partial charge in [0.25, 0.3) is 0 Å². The van der Waals surface area contributed by atoms with Crippen molar-refractivity contribution < 1.29 is 4.74 Å². The van der Waals surface area contributed by atoms with Gasteiger partial charge in [-0.1, -0.05) is 6.92 Å². The first-order chi connectivity index (χ1) is 9.28. The lowest BCUT2D eigenvalue weighted by molar-refractivity contribution is 0.305. The molecule has 19 heavy (non-hydrogen) atoms. The smallest absolute Gasteiger partial charge is 0.226 e. The Morgan fingerprint density at radius 3 is 3.11 bits per heavy atom. The summed E-state index contributed by atoms with van der Waals surface area (Å²) in [6.45, 7) is 4.07. The van der Waals surface area contributed by atoms with Crippen molar-refractivity contribution in [2.45, 2.75) is 19.9 Å². The van der Waals surface area contributed by atoms with Crippen LogP contribution in [0.2, 0.25) is 0 Å². The van der Waals surface area contributed by atoms with Crippen LogP contribution in [-0.2, 0) is 6.54 Å². The van der Waals surface area contributed by atoms with E-state index in [1.165, 1.54) is 0 Å². The summed E-state index contributed by atoms with van der Waals surface area (Å²) in [6, 6.07) is 1.75. The van der Waals surface area contributed by atoms with Crippen LogP contribution in [0.3, 0.4) is 0 Å². The van der Waals surface area contributed by atoms with E-state index < -0.39 is 0 Å². The van der Waals surface area contributed by atoms with Crippen molar-refractivity contribution in [1.29, 1.82) is 0 Å². The molecule has 0 aromatic carbocycles. The van der Waals surface area contributed by atoms with Crippen LogP contribution in [0.1, 0.15) is 13.3 Å². The molecule has 0 amide bonds. The molecule has 2 aromatic rings. The zero-order chi connectivity index (χ0) is 13.5. The number of nitrogens with two attached hydrogens (primary N) is 1. The summed E-state index contributed by atoms with van der Waals surface area (Å²) in [7, 11) is 0. The maximum Gasteiger partial charge on any atom is 0.226 e. The fourth-order valence-electron chi connectivity index (χ4n) is 1.50. The molecule has 0 saturated heterocycles. The first-order valence-electron chi connectivity index (χ1n) is 6.25. The van der Waals surface area contributed by atoms with Crippen molar-refractivity contribution in [3.05, 3.63) is 24.7 Å². The first kappa shape index (κ1) is 13.1. The van der Waals surface area contributed by atoms with Crippen LogP contribution in [0.15, 0.2) is 24.7 Å². The molecule has 7 nitrogen and oxygen atoms in total. The molecule has 2 rings (SSSR count). The Labute approximate surface area is 111 Å². The van der Waals surface area contributed by atoms with Crippen molar-refractivity contribution >= 4 is 11.6 Å². The van der Waals surface area contributed by atoms with Crippen LogP contribution < -0.4 is 15.8 Å². The summed E-state index contributed by atoms with van der Waals surface area (Å²) in [5.41, 5.74) is 6.24. The quantitative estimate of drug-likeness (QED) is 0.778. The van der Waals surface area contributed by atoms with Gasteiger partial charge in [-0.25, -0.2) is 4.98 Å². The van der Waals surface area contributed by atoms with E-state index in [1.54, 1.807) is 29.3 Å². The number of hydrogen-bond acceptors (Lipinski definition) is 6. The Bertz CT molecular complexity index is 512. The van der Waals surface area contributed by atoms with Gasteiger partial charge in [0.15, 0.2) is 0 Å². The van der Waals surface area contributed by atoms with E-state index in [2.05, 4.69) is 27.3 Å². The third-order valence-electron chi connectivity index (χ3n) is 2.36. The molecule has 0 aliphatic heterocycles. The number of hydrogen-bond donors (Lipinski definition) is 2. The van der Waals surface area contributed by atoms with Gasteiger partial charge in [0.1, 0.15) is 0 Å². The second-order valence-electron chi connectivity index (χ2n) is 4.03. The van der Waals surface area contributed by atoms with Crippen LogP contribution in [0.25, 0.3) is 0 Å². The maximum atomic E-state index is 5.58. The molecule has 0 saturated carbocycles. The molecule has 0 bridgehead atoms. The fraction of sp³-hybridized carbons (Fsp3) is 0.417. The Balaban J connectivity index is 1.82. The third-order valence-corrected chi connectivity index (χ3v) is 2.36. The van der Waals surface area contributed by atoms with Gasteiger partial charge in [0, 0.05) is 25.0 Å². The standard InChI is InChI=1S/C12H18N6O/c1-2-7-19-11-3-4-14-12(17-11)15-5-6-18-9-10(13)8-16-18/h3-4,8-9H,2,5-7,13H2,1H3,(H,14,15,17).